The number of amides is 10. The van der Waals surface area contributed by atoms with Crippen LogP contribution in [0.2, 0.25) is 0 Å². The maximum atomic E-state index is 14.6. The number of nitrogens with two attached hydrogens (primary N) is 5. The Morgan fingerprint density at radius 3 is 1.52 bits per heavy atom. The number of hydroxylamine groups is 1. The molecule has 29 heteroatoms. The van der Waals surface area contributed by atoms with Gasteiger partial charge in [0.1, 0.15) is 54.4 Å². The Morgan fingerprint density at radius 1 is 0.545 bits per heavy atom. The van der Waals surface area contributed by atoms with Crippen LogP contribution >= 0.6 is 0 Å². The Hall–Kier alpha value is -6.44. The number of aliphatic hydroxyl groups is 2. The van der Waals surface area contributed by atoms with E-state index < -0.39 is 132 Å². The molecule has 1 aromatic rings. The topological polar surface area (TPSA) is 483 Å². The van der Waals surface area contributed by atoms with Gasteiger partial charge in [0.25, 0.3) is 0 Å². The summed E-state index contributed by atoms with van der Waals surface area (Å²) in [6, 6.07) is -4.88. The second-order valence-electron chi connectivity index (χ2n) is 22.4. The van der Waals surface area contributed by atoms with E-state index in [0.29, 0.717) is 24.8 Å². The van der Waals surface area contributed by atoms with E-state index in [-0.39, 0.29) is 104 Å². The number of hydrogen-bond donors (Lipinski definition) is 18. The van der Waals surface area contributed by atoms with Gasteiger partial charge in [-0.2, -0.15) is 0 Å². The minimum absolute atomic E-state index is 0.00438. The van der Waals surface area contributed by atoms with Crippen LogP contribution in [0.25, 0.3) is 0 Å². The lowest BCUT2D eigenvalue weighted by Gasteiger charge is -2.29. The van der Waals surface area contributed by atoms with E-state index in [4.69, 9.17) is 33.5 Å². The van der Waals surface area contributed by atoms with Crippen molar-refractivity contribution in [3.8, 4) is 0 Å². The van der Waals surface area contributed by atoms with Gasteiger partial charge in [0, 0.05) is 19.4 Å². The maximum absolute atomic E-state index is 14.6. The zero-order chi connectivity index (χ0) is 65.4. The Kier molecular flexibility index (Phi) is 39.6. The first-order valence-electron chi connectivity index (χ1n) is 31.5. The van der Waals surface area contributed by atoms with Gasteiger partial charge in [-0.25, -0.2) is 5.48 Å². The van der Waals surface area contributed by atoms with Crippen molar-refractivity contribution in [3.05, 3.63) is 35.9 Å². The summed E-state index contributed by atoms with van der Waals surface area (Å²) >= 11 is 0. The monoisotopic (exact) mass is 1250 g/mol. The summed E-state index contributed by atoms with van der Waals surface area (Å²) in [6.45, 7) is 5.68. The van der Waals surface area contributed by atoms with E-state index in [1.54, 1.807) is 30.3 Å². The lowest BCUT2D eigenvalue weighted by molar-refractivity contribution is -0.137. The quantitative estimate of drug-likeness (QED) is 0.0299. The van der Waals surface area contributed by atoms with Crippen molar-refractivity contribution >= 4 is 59.1 Å². The summed E-state index contributed by atoms with van der Waals surface area (Å²) in [7, 11) is 0. The van der Waals surface area contributed by atoms with Gasteiger partial charge in [-0.3, -0.25) is 52.8 Å². The van der Waals surface area contributed by atoms with Crippen molar-refractivity contribution in [2.24, 2.45) is 28.7 Å². The highest BCUT2D eigenvalue weighted by molar-refractivity contribution is 5.98. The average Bonchev–Trinajstić information content (AvgIpc) is 3.69. The van der Waals surface area contributed by atoms with E-state index >= 15 is 0 Å². The van der Waals surface area contributed by atoms with E-state index in [2.05, 4.69) is 72.5 Å². The van der Waals surface area contributed by atoms with Crippen molar-refractivity contribution in [2.45, 2.75) is 229 Å². The molecule has 1 aliphatic heterocycles. The molecule has 1 aromatic carbocycles. The van der Waals surface area contributed by atoms with Crippen LogP contribution in [0.5, 0.6) is 0 Å². The molecule has 88 heavy (non-hydrogen) atoms. The maximum Gasteiger partial charge on any atom is 0.245 e. The van der Waals surface area contributed by atoms with Crippen LogP contribution in [0.15, 0.2) is 30.3 Å². The fraction of sp³-hybridized carbons (Fsp3) is 0.729. The fourth-order valence-electron chi connectivity index (χ4n) is 9.62. The molecule has 0 saturated carbocycles. The summed E-state index contributed by atoms with van der Waals surface area (Å²) in [5, 5.41) is 48.0. The molecule has 500 valence electrons. The smallest absolute Gasteiger partial charge is 0.245 e. The van der Waals surface area contributed by atoms with Crippen molar-refractivity contribution in [3.63, 3.8) is 0 Å². The normalized spacial score (nSPS) is 22.3. The average molecular weight is 1250 g/mol. The molecule has 1 heterocycles. The number of unbranched alkanes of at least 4 members (excludes halogenated alkanes) is 9. The molecule has 0 bridgehead atoms. The SMILES string of the molecule is CCCCCCCC[C@@H]1NC(=O)[C@@H](Cc2ccccc2)NC(=O)[C@H](CCN)NC(=O)[C@@H](NC(=O)[C@H](CCN)NC(=O)C(NC(=O)[C@H](CCN)NC(=O)CCCCCCC)[C@@H](C)O)CCNOCC([C@@H](C)O)NC(=O)[C@H](CCN)NC(=O)[C@H](CCN)NC1=O. The van der Waals surface area contributed by atoms with Crippen LogP contribution < -0.4 is 87.3 Å². The third-order valence-electron chi connectivity index (χ3n) is 14.9. The molecule has 1 aliphatic rings. The number of benzene rings is 1. The second-order valence-corrected chi connectivity index (χ2v) is 22.4. The minimum Gasteiger partial charge on any atom is -0.391 e. The predicted octanol–water partition coefficient (Wildman–Crippen LogP) is -3.38. The highest BCUT2D eigenvalue weighted by Crippen LogP contribution is 2.13. The molecule has 0 radical (unpaired) electrons. The third kappa shape index (κ3) is 30.2. The van der Waals surface area contributed by atoms with E-state index in [9.17, 15) is 58.2 Å². The fourth-order valence-corrected chi connectivity index (χ4v) is 9.62. The Labute approximate surface area is 518 Å². The summed E-state index contributed by atoms with van der Waals surface area (Å²) in [4.78, 5) is 146. The van der Waals surface area contributed by atoms with Gasteiger partial charge in [0.05, 0.1) is 24.9 Å². The predicted molar refractivity (Wildman–Crippen MR) is 331 cm³/mol. The summed E-state index contributed by atoms with van der Waals surface area (Å²) in [5.74, 6) is -8.04. The zero-order valence-electron chi connectivity index (χ0n) is 52.2. The lowest BCUT2D eigenvalue weighted by Crippen LogP contribution is -2.62. The van der Waals surface area contributed by atoms with Crippen molar-refractivity contribution in [1.82, 2.24) is 58.6 Å². The second kappa shape index (κ2) is 44.9. The molecule has 2 rings (SSSR count). The summed E-state index contributed by atoms with van der Waals surface area (Å²) < 4.78 is 0. The van der Waals surface area contributed by atoms with Crippen LogP contribution in [-0.4, -0.2) is 188 Å². The number of carbonyl (C=O) groups excluding carboxylic acids is 10. The molecular formula is C59H106N16O13. The van der Waals surface area contributed by atoms with Crippen LogP contribution in [-0.2, 0) is 59.2 Å². The minimum atomic E-state index is -1.66. The van der Waals surface area contributed by atoms with Crippen LogP contribution in [0, 0.1) is 0 Å². The first-order chi connectivity index (χ1) is 42.2. The van der Waals surface area contributed by atoms with E-state index in [0.717, 1.165) is 51.4 Å². The summed E-state index contributed by atoms with van der Waals surface area (Å²) in [5.41, 5.74) is 32.8. The Morgan fingerprint density at radius 2 is 1.01 bits per heavy atom. The van der Waals surface area contributed by atoms with Crippen LogP contribution in [0.1, 0.15) is 155 Å². The standard InChI is InChI=1S/C59H106N16O13/c1-5-7-9-11-13-17-21-40-51(79)68-42(24-30-61)52(80)69-44(26-32-63)55(83)74-48(37(3)76)36-88-65-34-28-46(56(84)70-43(25-31-62)54(82)73-47(58(86)67-40)35-39-19-15-14-16-20-39)71-53(81)45(27-33-64)72-59(87)50(38(4)77)75-57(85)41(23-29-60)66-49(78)22-18-12-10-8-6-2/h14-16,19-20,37-38,40-48,50,65,76-77H,5-13,17-18,21-36,60-64H2,1-4H3,(H,66,78)(H,67,86)(H,68,79)(H,69,80)(H,70,84)(H,71,81)(H,72,87)(H,73,82)(H,74,83)(H,75,85)/t37-,38-,40+,41+,42+,43+,44+,45+,46+,47-,48?,50?/m1/s1. The van der Waals surface area contributed by atoms with E-state index in [1.807, 2.05) is 0 Å². The number of aliphatic hydroxyl groups excluding tert-OH is 2. The van der Waals surface area contributed by atoms with Crippen LogP contribution in [0.3, 0.4) is 0 Å². The number of nitrogens with one attached hydrogen (secondary N) is 11. The van der Waals surface area contributed by atoms with Gasteiger partial charge in [-0.05, 0) is 104 Å². The first-order valence-corrected chi connectivity index (χ1v) is 31.5. The summed E-state index contributed by atoms with van der Waals surface area (Å²) in [6.07, 6.45) is 6.07. The van der Waals surface area contributed by atoms with Gasteiger partial charge < -0.3 is 92.0 Å². The zero-order valence-corrected chi connectivity index (χ0v) is 52.2. The molecule has 12 atom stereocenters. The van der Waals surface area contributed by atoms with Gasteiger partial charge in [0.2, 0.25) is 59.1 Å². The molecule has 0 spiro atoms. The number of carbonyl (C=O) groups is 10. The van der Waals surface area contributed by atoms with Crippen LogP contribution in [0.4, 0.5) is 0 Å². The highest BCUT2D eigenvalue weighted by Gasteiger charge is 2.37. The third-order valence-corrected chi connectivity index (χ3v) is 14.9. The van der Waals surface area contributed by atoms with Crippen molar-refractivity contribution < 1.29 is 63.0 Å². The molecule has 2 unspecified atom stereocenters. The van der Waals surface area contributed by atoms with Gasteiger partial charge in [0.15, 0.2) is 0 Å². The van der Waals surface area contributed by atoms with Gasteiger partial charge in [-0.15, -0.1) is 0 Å². The molecule has 10 amide bonds. The first kappa shape index (κ1) is 77.7. The largest absolute Gasteiger partial charge is 0.391 e. The molecule has 23 N–H and O–H groups in total. The Bertz CT molecular complexity index is 2270. The Balaban J connectivity index is 2.66. The van der Waals surface area contributed by atoms with Crippen molar-refractivity contribution in [2.75, 3.05) is 45.9 Å². The van der Waals surface area contributed by atoms with Crippen molar-refractivity contribution in [1.29, 1.82) is 0 Å². The number of rotatable bonds is 34. The highest BCUT2D eigenvalue weighted by atomic mass is 16.6. The molecule has 29 nitrogen and oxygen atoms in total. The molecular weight excluding hydrogens is 1140 g/mol. The molecule has 1 saturated heterocycles. The molecule has 0 aromatic heterocycles. The van der Waals surface area contributed by atoms with E-state index in [1.165, 1.54) is 13.8 Å². The van der Waals surface area contributed by atoms with Gasteiger partial charge >= 0.3 is 0 Å². The number of hydrogen-bond acceptors (Lipinski definition) is 19. The molecule has 1 fully saturated rings. The van der Waals surface area contributed by atoms with Gasteiger partial charge in [-0.1, -0.05) is 108 Å². The molecule has 0 aliphatic carbocycles. The lowest BCUT2D eigenvalue weighted by atomic mass is 10.0.